The first-order valence-corrected chi connectivity index (χ1v) is 9.17. The van der Waals surface area contributed by atoms with Crippen LogP contribution in [-0.4, -0.2) is 22.2 Å². The van der Waals surface area contributed by atoms with Crippen molar-refractivity contribution in [1.29, 1.82) is 0 Å². The molecule has 1 N–H and O–H groups in total. The van der Waals surface area contributed by atoms with E-state index in [4.69, 9.17) is 0 Å². The third-order valence-corrected chi connectivity index (χ3v) is 4.78. The lowest BCUT2D eigenvalue weighted by atomic mass is 9.83. The van der Waals surface area contributed by atoms with Crippen molar-refractivity contribution in [3.8, 4) is 0 Å². The molecule has 0 aliphatic rings. The summed E-state index contributed by atoms with van der Waals surface area (Å²) < 4.78 is 40.7. The van der Waals surface area contributed by atoms with Gasteiger partial charge in [-0.2, -0.15) is 18.3 Å². The van der Waals surface area contributed by atoms with Crippen LogP contribution in [0.3, 0.4) is 0 Å². The molecule has 152 valence electrons. The van der Waals surface area contributed by atoms with Crippen LogP contribution in [0.5, 0.6) is 0 Å². The van der Waals surface area contributed by atoms with E-state index in [-0.39, 0.29) is 12.5 Å². The number of nitrogens with zero attached hydrogens (tertiary/aromatic N) is 2. The van der Waals surface area contributed by atoms with Gasteiger partial charge < -0.3 is 5.32 Å². The van der Waals surface area contributed by atoms with Gasteiger partial charge in [0.05, 0.1) is 12.1 Å². The zero-order valence-electron chi connectivity index (χ0n) is 16.2. The summed E-state index contributed by atoms with van der Waals surface area (Å²) >= 11 is 0. The van der Waals surface area contributed by atoms with Crippen molar-refractivity contribution in [2.75, 3.05) is 6.54 Å². The monoisotopic (exact) mass is 401 g/mol. The minimum Gasteiger partial charge on any atom is -0.351 e. The van der Waals surface area contributed by atoms with E-state index >= 15 is 0 Å². The maximum Gasteiger partial charge on any atom is 0.416 e. The van der Waals surface area contributed by atoms with Crippen molar-refractivity contribution in [2.45, 2.75) is 32.0 Å². The van der Waals surface area contributed by atoms with E-state index in [1.165, 1.54) is 6.07 Å². The van der Waals surface area contributed by atoms with Gasteiger partial charge in [-0.3, -0.25) is 9.48 Å². The first-order valence-electron chi connectivity index (χ1n) is 9.17. The second-order valence-electron chi connectivity index (χ2n) is 7.55. The van der Waals surface area contributed by atoms with Gasteiger partial charge in [0.1, 0.15) is 0 Å². The fourth-order valence-corrected chi connectivity index (χ4v) is 2.96. The van der Waals surface area contributed by atoms with Gasteiger partial charge in [-0.05, 0) is 35.4 Å². The Balaban J connectivity index is 1.63. The Kier molecular flexibility index (Phi) is 5.77. The molecule has 2 aromatic carbocycles. The Hall–Kier alpha value is -3.09. The number of aromatic nitrogens is 2. The Bertz CT molecular complexity index is 962. The third kappa shape index (κ3) is 5.25. The van der Waals surface area contributed by atoms with E-state index in [0.29, 0.717) is 17.7 Å². The molecule has 0 bridgehead atoms. The Labute approximate surface area is 167 Å². The molecule has 0 spiro atoms. The summed E-state index contributed by atoms with van der Waals surface area (Å²) in [7, 11) is 0. The molecule has 4 nitrogen and oxygen atoms in total. The van der Waals surface area contributed by atoms with E-state index < -0.39 is 17.2 Å². The van der Waals surface area contributed by atoms with Crippen LogP contribution in [-0.2, 0) is 18.1 Å². The number of rotatable bonds is 6. The van der Waals surface area contributed by atoms with Gasteiger partial charge in [-0.1, -0.05) is 44.2 Å². The predicted molar refractivity (Wildman–Crippen MR) is 105 cm³/mol. The molecule has 7 heteroatoms. The highest BCUT2D eigenvalue weighted by atomic mass is 19.4. The molecule has 0 saturated heterocycles. The van der Waals surface area contributed by atoms with Crippen LogP contribution in [0.1, 0.15) is 40.9 Å². The second-order valence-corrected chi connectivity index (χ2v) is 7.55. The number of amides is 1. The minimum absolute atomic E-state index is 0.210. The maximum atomic E-state index is 13.0. The standard InChI is InChI=1S/C22H22F3N3O/c1-21(2,18-5-3-6-19(13-18)22(23,24)25)15-26-20(29)17-9-7-16(8-10-17)14-28-12-4-11-27-28/h3-13H,14-15H2,1-2H3,(H,26,29). The number of halogens is 3. The van der Waals surface area contributed by atoms with E-state index in [2.05, 4.69) is 10.4 Å². The largest absolute Gasteiger partial charge is 0.416 e. The van der Waals surface area contributed by atoms with E-state index in [1.807, 2.05) is 24.4 Å². The number of carbonyl (C=O) groups is 1. The molecular weight excluding hydrogens is 379 g/mol. The van der Waals surface area contributed by atoms with Crippen LogP contribution in [0.15, 0.2) is 67.0 Å². The molecule has 29 heavy (non-hydrogen) atoms. The van der Waals surface area contributed by atoms with Crippen LogP contribution >= 0.6 is 0 Å². The third-order valence-electron chi connectivity index (χ3n) is 4.78. The molecule has 0 radical (unpaired) electrons. The average Bonchev–Trinajstić information content (AvgIpc) is 3.19. The van der Waals surface area contributed by atoms with Gasteiger partial charge in [0.25, 0.3) is 5.91 Å². The molecule has 0 saturated carbocycles. The molecule has 1 aromatic heterocycles. The second kappa shape index (κ2) is 8.11. The van der Waals surface area contributed by atoms with Crippen molar-refractivity contribution in [3.05, 3.63) is 89.2 Å². The minimum atomic E-state index is -4.40. The van der Waals surface area contributed by atoms with E-state index in [9.17, 15) is 18.0 Å². The topological polar surface area (TPSA) is 46.9 Å². The highest BCUT2D eigenvalue weighted by molar-refractivity contribution is 5.94. The van der Waals surface area contributed by atoms with Crippen molar-refractivity contribution in [1.82, 2.24) is 15.1 Å². The molecule has 0 fully saturated rings. The van der Waals surface area contributed by atoms with Crippen LogP contribution < -0.4 is 5.32 Å². The summed E-state index contributed by atoms with van der Waals surface area (Å²) in [6.45, 7) is 4.42. The van der Waals surface area contributed by atoms with E-state index in [0.717, 1.165) is 17.7 Å². The molecule has 1 heterocycles. The molecule has 3 rings (SSSR count). The number of hydrogen-bond acceptors (Lipinski definition) is 2. The molecule has 1 amide bonds. The maximum absolute atomic E-state index is 13.0. The Morgan fingerprint density at radius 1 is 1.03 bits per heavy atom. The average molecular weight is 401 g/mol. The smallest absolute Gasteiger partial charge is 0.351 e. The van der Waals surface area contributed by atoms with Gasteiger partial charge in [0.15, 0.2) is 0 Å². The number of carbonyl (C=O) groups excluding carboxylic acids is 1. The summed E-state index contributed by atoms with van der Waals surface area (Å²) in [5.41, 5.74) is 0.671. The molecule has 0 atom stereocenters. The van der Waals surface area contributed by atoms with Gasteiger partial charge in [-0.15, -0.1) is 0 Å². The van der Waals surface area contributed by atoms with Crippen LogP contribution in [0, 0.1) is 0 Å². The predicted octanol–water partition coefficient (Wildman–Crippen LogP) is 4.66. The Morgan fingerprint density at radius 2 is 1.72 bits per heavy atom. The fraction of sp³-hybridized carbons (Fsp3) is 0.273. The van der Waals surface area contributed by atoms with Crippen LogP contribution in [0.4, 0.5) is 13.2 Å². The van der Waals surface area contributed by atoms with Crippen molar-refractivity contribution in [3.63, 3.8) is 0 Å². The van der Waals surface area contributed by atoms with Crippen molar-refractivity contribution < 1.29 is 18.0 Å². The molecule has 0 aliphatic heterocycles. The summed E-state index contributed by atoms with van der Waals surface area (Å²) in [5.74, 6) is -0.268. The van der Waals surface area contributed by atoms with Gasteiger partial charge >= 0.3 is 6.18 Å². The first kappa shape index (κ1) is 20.6. The first-order chi connectivity index (χ1) is 13.6. The number of nitrogens with one attached hydrogen (secondary N) is 1. The molecule has 0 aliphatic carbocycles. The van der Waals surface area contributed by atoms with Crippen molar-refractivity contribution >= 4 is 5.91 Å². The SMILES string of the molecule is CC(C)(CNC(=O)c1ccc(Cn2cccn2)cc1)c1cccc(C(F)(F)F)c1. The lowest BCUT2D eigenvalue weighted by molar-refractivity contribution is -0.137. The summed E-state index contributed by atoms with van der Waals surface area (Å²) in [4.78, 5) is 12.5. The lowest BCUT2D eigenvalue weighted by Gasteiger charge is -2.26. The van der Waals surface area contributed by atoms with Gasteiger partial charge in [-0.25, -0.2) is 0 Å². The summed E-state index contributed by atoms with van der Waals surface area (Å²) in [5, 5.41) is 6.97. The molecule has 0 unspecified atom stereocenters. The van der Waals surface area contributed by atoms with Gasteiger partial charge in [0, 0.05) is 29.9 Å². The molecular formula is C22H22F3N3O. The van der Waals surface area contributed by atoms with E-state index in [1.54, 1.807) is 42.9 Å². The normalized spacial score (nSPS) is 12.0. The summed E-state index contributed by atoms with van der Waals surface area (Å²) in [6.07, 6.45) is -0.836. The van der Waals surface area contributed by atoms with Gasteiger partial charge in [0.2, 0.25) is 0 Å². The summed E-state index contributed by atoms with van der Waals surface area (Å²) in [6, 6.07) is 14.2. The molecule has 3 aromatic rings. The highest BCUT2D eigenvalue weighted by Crippen LogP contribution is 2.32. The number of benzene rings is 2. The lowest BCUT2D eigenvalue weighted by Crippen LogP contribution is -2.36. The Morgan fingerprint density at radius 3 is 2.34 bits per heavy atom. The highest BCUT2D eigenvalue weighted by Gasteiger charge is 2.32. The zero-order valence-corrected chi connectivity index (χ0v) is 16.2. The van der Waals surface area contributed by atoms with Crippen LogP contribution in [0.2, 0.25) is 0 Å². The van der Waals surface area contributed by atoms with Crippen molar-refractivity contribution in [2.24, 2.45) is 0 Å². The quantitative estimate of drug-likeness (QED) is 0.653. The number of hydrogen-bond donors (Lipinski definition) is 1. The fourth-order valence-electron chi connectivity index (χ4n) is 2.96. The number of alkyl halides is 3. The van der Waals surface area contributed by atoms with Crippen LogP contribution in [0.25, 0.3) is 0 Å². The zero-order chi connectivity index (χ0) is 21.1.